The lowest BCUT2D eigenvalue weighted by Crippen LogP contribution is -2.17. The number of carbonyl (C=O) groups excluding carboxylic acids is 1. The van der Waals surface area contributed by atoms with Gasteiger partial charge in [0.1, 0.15) is 5.75 Å². The number of rotatable bonds is 5. The van der Waals surface area contributed by atoms with Gasteiger partial charge in [-0.3, -0.25) is 4.79 Å². The summed E-state index contributed by atoms with van der Waals surface area (Å²) in [5, 5.41) is 13.2. The number of ether oxygens (including phenoxy) is 2. The molecule has 2 rings (SSSR count). The van der Waals surface area contributed by atoms with Gasteiger partial charge in [0.05, 0.1) is 20.4 Å². The molecule has 0 atom stereocenters. The van der Waals surface area contributed by atoms with Gasteiger partial charge in [0, 0.05) is 11.1 Å². The normalized spacial score (nSPS) is 10.5. The van der Waals surface area contributed by atoms with Gasteiger partial charge in [0.25, 0.3) is 5.91 Å². The molecule has 0 bridgehead atoms. The van der Waals surface area contributed by atoms with Crippen LogP contribution in [0.15, 0.2) is 47.6 Å². The van der Waals surface area contributed by atoms with E-state index in [2.05, 4.69) is 10.5 Å². The summed E-state index contributed by atoms with van der Waals surface area (Å²) in [6.45, 7) is 0. The first-order valence-electron chi connectivity index (χ1n) is 6.49. The topological polar surface area (TPSA) is 80.2 Å². The lowest BCUT2D eigenvalue weighted by atomic mass is 10.2. The standard InChI is InChI=1S/C16H16N2O4/c1-21-14-8-4-6-12(15(14)22-2)10-17-18-16(20)11-5-3-7-13(19)9-11/h3-10,19H,1-2H3,(H,18,20)/b17-10-. The van der Waals surface area contributed by atoms with Crippen LogP contribution in [-0.2, 0) is 0 Å². The number of aromatic hydroxyl groups is 1. The van der Waals surface area contributed by atoms with E-state index in [1.165, 1.54) is 25.5 Å². The minimum atomic E-state index is -0.422. The molecule has 2 N–H and O–H groups in total. The van der Waals surface area contributed by atoms with E-state index in [0.29, 0.717) is 22.6 Å². The molecule has 0 aliphatic carbocycles. The third-order valence-electron chi connectivity index (χ3n) is 2.91. The number of amides is 1. The average Bonchev–Trinajstić information content (AvgIpc) is 2.54. The van der Waals surface area contributed by atoms with E-state index < -0.39 is 5.91 Å². The number of methoxy groups -OCH3 is 2. The molecule has 2 aromatic rings. The summed E-state index contributed by atoms with van der Waals surface area (Å²) in [7, 11) is 3.07. The average molecular weight is 300 g/mol. The Morgan fingerprint density at radius 2 is 1.95 bits per heavy atom. The fourth-order valence-electron chi connectivity index (χ4n) is 1.89. The Balaban J connectivity index is 2.11. The zero-order valence-electron chi connectivity index (χ0n) is 12.2. The second-order valence-corrected chi connectivity index (χ2v) is 4.33. The number of phenols is 1. The van der Waals surface area contributed by atoms with Crippen LogP contribution in [0.1, 0.15) is 15.9 Å². The summed E-state index contributed by atoms with van der Waals surface area (Å²) in [6, 6.07) is 11.3. The van der Waals surface area contributed by atoms with Crippen LogP contribution in [0.2, 0.25) is 0 Å². The summed E-state index contributed by atoms with van der Waals surface area (Å²) < 4.78 is 10.4. The Morgan fingerprint density at radius 3 is 2.64 bits per heavy atom. The molecular formula is C16H16N2O4. The van der Waals surface area contributed by atoms with Gasteiger partial charge in [-0.2, -0.15) is 5.10 Å². The van der Waals surface area contributed by atoms with Crippen molar-refractivity contribution in [3.8, 4) is 17.2 Å². The van der Waals surface area contributed by atoms with E-state index in [0.717, 1.165) is 0 Å². The smallest absolute Gasteiger partial charge is 0.271 e. The quantitative estimate of drug-likeness (QED) is 0.655. The van der Waals surface area contributed by atoms with Crippen molar-refractivity contribution in [3.05, 3.63) is 53.6 Å². The van der Waals surface area contributed by atoms with Gasteiger partial charge in [-0.1, -0.05) is 12.1 Å². The molecule has 114 valence electrons. The molecule has 1 amide bonds. The van der Waals surface area contributed by atoms with Crippen molar-refractivity contribution in [3.63, 3.8) is 0 Å². The summed E-state index contributed by atoms with van der Waals surface area (Å²) >= 11 is 0. The minimum Gasteiger partial charge on any atom is -0.508 e. The van der Waals surface area contributed by atoms with Crippen LogP contribution in [0.5, 0.6) is 17.2 Å². The summed E-state index contributed by atoms with van der Waals surface area (Å²) in [5.41, 5.74) is 3.37. The number of nitrogens with one attached hydrogen (secondary N) is 1. The van der Waals surface area contributed by atoms with Crippen LogP contribution in [0.4, 0.5) is 0 Å². The van der Waals surface area contributed by atoms with Crippen molar-refractivity contribution in [2.75, 3.05) is 14.2 Å². The molecule has 0 aliphatic heterocycles. The molecule has 0 aromatic heterocycles. The first-order chi connectivity index (χ1) is 10.7. The molecule has 0 unspecified atom stereocenters. The van der Waals surface area contributed by atoms with Crippen LogP contribution < -0.4 is 14.9 Å². The highest BCUT2D eigenvalue weighted by Gasteiger charge is 2.08. The van der Waals surface area contributed by atoms with Gasteiger partial charge in [0.2, 0.25) is 0 Å². The Labute approximate surface area is 128 Å². The zero-order chi connectivity index (χ0) is 15.9. The highest BCUT2D eigenvalue weighted by Crippen LogP contribution is 2.29. The van der Waals surface area contributed by atoms with Crippen LogP contribution in [0, 0.1) is 0 Å². The number of phenolic OH excluding ortho intramolecular Hbond substituents is 1. The molecule has 0 saturated carbocycles. The van der Waals surface area contributed by atoms with E-state index in [9.17, 15) is 9.90 Å². The third kappa shape index (κ3) is 3.54. The fourth-order valence-corrected chi connectivity index (χ4v) is 1.89. The van der Waals surface area contributed by atoms with Crippen molar-refractivity contribution < 1.29 is 19.4 Å². The van der Waals surface area contributed by atoms with Crippen LogP contribution in [0.3, 0.4) is 0 Å². The highest BCUT2D eigenvalue weighted by atomic mass is 16.5. The molecule has 0 spiro atoms. The second kappa shape index (κ2) is 7.12. The molecule has 2 aromatic carbocycles. The van der Waals surface area contributed by atoms with E-state index in [1.807, 2.05) is 0 Å². The Hall–Kier alpha value is -3.02. The lowest BCUT2D eigenvalue weighted by molar-refractivity contribution is 0.0954. The van der Waals surface area contributed by atoms with E-state index in [-0.39, 0.29) is 5.75 Å². The van der Waals surface area contributed by atoms with Crippen molar-refractivity contribution in [1.29, 1.82) is 0 Å². The molecule has 0 heterocycles. The second-order valence-electron chi connectivity index (χ2n) is 4.33. The summed E-state index contributed by atoms with van der Waals surface area (Å²) in [5.74, 6) is 0.700. The van der Waals surface area contributed by atoms with E-state index >= 15 is 0 Å². The fraction of sp³-hybridized carbons (Fsp3) is 0.125. The number of hydrogen-bond donors (Lipinski definition) is 2. The van der Waals surface area contributed by atoms with E-state index in [1.54, 1.807) is 37.4 Å². The molecule has 0 radical (unpaired) electrons. The van der Waals surface area contributed by atoms with Crippen molar-refractivity contribution >= 4 is 12.1 Å². The van der Waals surface area contributed by atoms with Gasteiger partial charge >= 0.3 is 0 Å². The largest absolute Gasteiger partial charge is 0.508 e. The van der Waals surface area contributed by atoms with Gasteiger partial charge in [-0.25, -0.2) is 5.43 Å². The van der Waals surface area contributed by atoms with Crippen LogP contribution in [-0.4, -0.2) is 31.4 Å². The molecule has 6 nitrogen and oxygen atoms in total. The van der Waals surface area contributed by atoms with Gasteiger partial charge in [-0.05, 0) is 30.3 Å². The summed E-state index contributed by atoms with van der Waals surface area (Å²) in [6.07, 6.45) is 1.46. The minimum absolute atomic E-state index is 0.0195. The Kier molecular flexibility index (Phi) is 4.98. The monoisotopic (exact) mass is 300 g/mol. The van der Waals surface area contributed by atoms with Crippen LogP contribution in [0.25, 0.3) is 0 Å². The molecule has 0 saturated heterocycles. The first kappa shape index (κ1) is 15.4. The van der Waals surface area contributed by atoms with Gasteiger partial charge < -0.3 is 14.6 Å². The number of hydrogen-bond acceptors (Lipinski definition) is 5. The lowest BCUT2D eigenvalue weighted by Gasteiger charge is -2.09. The van der Waals surface area contributed by atoms with Crippen molar-refractivity contribution in [2.45, 2.75) is 0 Å². The molecule has 22 heavy (non-hydrogen) atoms. The van der Waals surface area contributed by atoms with Gasteiger partial charge in [0.15, 0.2) is 11.5 Å². The number of hydrazone groups is 1. The zero-order valence-corrected chi connectivity index (χ0v) is 12.2. The van der Waals surface area contributed by atoms with E-state index in [4.69, 9.17) is 9.47 Å². The SMILES string of the molecule is COc1cccc(/C=N\NC(=O)c2cccc(O)c2)c1OC. The number of nitrogens with zero attached hydrogens (tertiary/aromatic N) is 1. The Bertz CT molecular complexity index is 698. The molecular weight excluding hydrogens is 284 g/mol. The molecule has 0 aliphatic rings. The molecule has 0 fully saturated rings. The molecule has 6 heteroatoms. The predicted octanol–water partition coefficient (Wildman–Crippen LogP) is 2.17. The predicted molar refractivity (Wildman–Crippen MR) is 82.7 cm³/mol. The third-order valence-corrected chi connectivity index (χ3v) is 2.91. The maximum atomic E-state index is 11.9. The van der Waals surface area contributed by atoms with Crippen molar-refractivity contribution in [1.82, 2.24) is 5.43 Å². The van der Waals surface area contributed by atoms with Gasteiger partial charge in [-0.15, -0.1) is 0 Å². The number of benzene rings is 2. The maximum absolute atomic E-state index is 11.9. The number of para-hydroxylation sites is 1. The summed E-state index contributed by atoms with van der Waals surface area (Å²) in [4.78, 5) is 11.9. The van der Waals surface area contributed by atoms with Crippen LogP contribution >= 0.6 is 0 Å². The highest BCUT2D eigenvalue weighted by molar-refractivity contribution is 5.95. The maximum Gasteiger partial charge on any atom is 0.271 e. The van der Waals surface area contributed by atoms with Crippen molar-refractivity contribution in [2.24, 2.45) is 5.10 Å². The Morgan fingerprint density at radius 1 is 1.18 bits per heavy atom. The first-order valence-corrected chi connectivity index (χ1v) is 6.49. The number of carbonyl (C=O) groups is 1.